The van der Waals surface area contributed by atoms with Gasteiger partial charge in [-0.25, -0.2) is 0 Å². The molecule has 2 rings (SSSR count). The molecule has 1 heterocycles. The zero-order valence-electron chi connectivity index (χ0n) is 11.4. The highest BCUT2D eigenvalue weighted by atomic mass is 79.9. The lowest BCUT2D eigenvalue weighted by atomic mass is 9.77. The SMILES string of the molecule is CC1CCCC(CBr)(NC(=O)C2(C)CCCS2)C1. The Balaban J connectivity index is 2.03. The van der Waals surface area contributed by atoms with Crippen LogP contribution in [-0.4, -0.2) is 27.3 Å². The van der Waals surface area contributed by atoms with Crippen molar-refractivity contribution in [1.29, 1.82) is 0 Å². The van der Waals surface area contributed by atoms with Crippen LogP contribution in [0.3, 0.4) is 0 Å². The number of rotatable bonds is 3. The fourth-order valence-corrected chi connectivity index (χ4v) is 5.12. The van der Waals surface area contributed by atoms with Crippen molar-refractivity contribution in [2.24, 2.45) is 5.92 Å². The zero-order valence-corrected chi connectivity index (χ0v) is 13.8. The second-order valence-electron chi connectivity index (χ2n) is 6.25. The number of hydrogen-bond acceptors (Lipinski definition) is 2. The molecule has 0 bridgehead atoms. The number of alkyl halides is 1. The molecule has 1 amide bonds. The molecule has 2 fully saturated rings. The van der Waals surface area contributed by atoms with Gasteiger partial charge in [-0.1, -0.05) is 35.7 Å². The van der Waals surface area contributed by atoms with Crippen LogP contribution in [0.4, 0.5) is 0 Å². The molecule has 1 saturated carbocycles. The largest absolute Gasteiger partial charge is 0.349 e. The van der Waals surface area contributed by atoms with Crippen LogP contribution in [-0.2, 0) is 4.79 Å². The van der Waals surface area contributed by atoms with E-state index >= 15 is 0 Å². The molecule has 1 saturated heterocycles. The third kappa shape index (κ3) is 3.06. The van der Waals surface area contributed by atoms with E-state index in [0.717, 1.165) is 36.3 Å². The molecular weight excluding hydrogens is 310 g/mol. The normalized spacial score (nSPS) is 40.7. The van der Waals surface area contributed by atoms with Gasteiger partial charge >= 0.3 is 0 Å². The van der Waals surface area contributed by atoms with Crippen LogP contribution in [0.2, 0.25) is 0 Å². The van der Waals surface area contributed by atoms with Crippen LogP contribution in [0, 0.1) is 5.92 Å². The Morgan fingerprint density at radius 2 is 2.22 bits per heavy atom. The van der Waals surface area contributed by atoms with Crippen molar-refractivity contribution in [2.45, 2.75) is 62.7 Å². The van der Waals surface area contributed by atoms with Crippen molar-refractivity contribution in [3.05, 3.63) is 0 Å². The van der Waals surface area contributed by atoms with E-state index in [1.807, 2.05) is 11.8 Å². The molecule has 2 nitrogen and oxygen atoms in total. The maximum absolute atomic E-state index is 12.6. The Kier molecular flexibility index (Phi) is 4.69. The summed E-state index contributed by atoms with van der Waals surface area (Å²) in [4.78, 5) is 12.6. The minimum absolute atomic E-state index is 0.000903. The van der Waals surface area contributed by atoms with Crippen LogP contribution in [0.1, 0.15) is 52.4 Å². The molecule has 3 atom stereocenters. The van der Waals surface area contributed by atoms with Crippen LogP contribution < -0.4 is 5.32 Å². The van der Waals surface area contributed by atoms with E-state index in [9.17, 15) is 4.79 Å². The van der Waals surface area contributed by atoms with E-state index in [4.69, 9.17) is 0 Å². The van der Waals surface area contributed by atoms with Gasteiger partial charge in [0.15, 0.2) is 0 Å². The van der Waals surface area contributed by atoms with Crippen LogP contribution in [0.25, 0.3) is 0 Å². The second kappa shape index (κ2) is 5.74. The minimum atomic E-state index is -0.185. The first-order valence-electron chi connectivity index (χ1n) is 7.02. The van der Waals surface area contributed by atoms with Gasteiger partial charge in [0.2, 0.25) is 5.91 Å². The highest BCUT2D eigenvalue weighted by Crippen LogP contribution is 2.40. The number of nitrogens with one attached hydrogen (secondary N) is 1. The summed E-state index contributed by atoms with van der Waals surface area (Å²) >= 11 is 5.45. The summed E-state index contributed by atoms with van der Waals surface area (Å²) in [6, 6.07) is 0. The lowest BCUT2D eigenvalue weighted by molar-refractivity contribution is -0.125. The lowest BCUT2D eigenvalue weighted by Gasteiger charge is -2.41. The second-order valence-corrected chi connectivity index (χ2v) is 8.41. The Bertz CT molecular complexity index is 317. The summed E-state index contributed by atoms with van der Waals surface area (Å²) in [5.74, 6) is 2.11. The molecule has 3 unspecified atom stereocenters. The average molecular weight is 334 g/mol. The first-order chi connectivity index (χ1) is 8.50. The molecule has 104 valence electrons. The summed E-state index contributed by atoms with van der Waals surface area (Å²) in [5, 5.41) is 4.27. The first kappa shape index (κ1) is 14.7. The van der Waals surface area contributed by atoms with Crippen LogP contribution in [0.15, 0.2) is 0 Å². The number of thioether (sulfide) groups is 1. The molecule has 2 aliphatic rings. The van der Waals surface area contributed by atoms with Crippen LogP contribution >= 0.6 is 27.7 Å². The zero-order chi connectivity index (χ0) is 13.2. The first-order valence-corrected chi connectivity index (χ1v) is 9.13. The number of carbonyl (C=O) groups is 1. The Morgan fingerprint density at radius 3 is 2.78 bits per heavy atom. The third-order valence-corrected chi connectivity index (χ3v) is 7.02. The molecule has 0 aromatic heterocycles. The Morgan fingerprint density at radius 1 is 1.44 bits per heavy atom. The highest BCUT2D eigenvalue weighted by molar-refractivity contribution is 9.09. The predicted molar refractivity (Wildman–Crippen MR) is 82.4 cm³/mol. The maximum Gasteiger partial charge on any atom is 0.236 e. The Labute approximate surface area is 123 Å². The summed E-state index contributed by atoms with van der Waals surface area (Å²) in [6.45, 7) is 4.41. The number of halogens is 1. The molecule has 0 spiro atoms. The van der Waals surface area contributed by atoms with E-state index in [1.165, 1.54) is 19.3 Å². The lowest BCUT2D eigenvalue weighted by Crippen LogP contribution is -2.56. The summed E-state index contributed by atoms with van der Waals surface area (Å²) in [7, 11) is 0. The van der Waals surface area contributed by atoms with Gasteiger partial charge in [-0.05, 0) is 44.3 Å². The van der Waals surface area contributed by atoms with Gasteiger partial charge in [0.25, 0.3) is 0 Å². The summed E-state index contributed by atoms with van der Waals surface area (Å²) in [5.41, 5.74) is 0.000903. The van der Waals surface area contributed by atoms with Crippen molar-refractivity contribution >= 4 is 33.6 Å². The highest BCUT2D eigenvalue weighted by Gasteiger charge is 2.42. The third-order valence-electron chi connectivity index (χ3n) is 4.43. The van der Waals surface area contributed by atoms with Gasteiger partial charge < -0.3 is 5.32 Å². The number of carbonyl (C=O) groups excluding carboxylic acids is 1. The van der Waals surface area contributed by atoms with Crippen molar-refractivity contribution in [2.75, 3.05) is 11.1 Å². The van der Waals surface area contributed by atoms with Gasteiger partial charge in [0.05, 0.1) is 4.75 Å². The van der Waals surface area contributed by atoms with Crippen molar-refractivity contribution in [1.82, 2.24) is 5.32 Å². The standard InChI is InChI=1S/C14H24BrNOS/c1-11-5-3-7-14(9-11,10-15)16-12(17)13(2)6-4-8-18-13/h11H,3-10H2,1-2H3,(H,16,17). The molecule has 1 aliphatic carbocycles. The molecule has 0 aromatic carbocycles. The van der Waals surface area contributed by atoms with Crippen molar-refractivity contribution in [3.63, 3.8) is 0 Å². The smallest absolute Gasteiger partial charge is 0.236 e. The van der Waals surface area contributed by atoms with Crippen molar-refractivity contribution in [3.8, 4) is 0 Å². The molecule has 0 aromatic rings. The van der Waals surface area contributed by atoms with Gasteiger partial charge in [-0.2, -0.15) is 0 Å². The minimum Gasteiger partial charge on any atom is -0.349 e. The van der Waals surface area contributed by atoms with Crippen molar-refractivity contribution < 1.29 is 4.79 Å². The summed E-state index contributed by atoms with van der Waals surface area (Å²) in [6.07, 6.45) is 6.97. The van der Waals surface area contributed by atoms with Gasteiger partial charge in [-0.3, -0.25) is 4.79 Å². The quantitative estimate of drug-likeness (QED) is 0.797. The van der Waals surface area contributed by atoms with E-state index in [2.05, 4.69) is 35.1 Å². The molecule has 4 heteroatoms. The molecule has 1 aliphatic heterocycles. The van der Waals surface area contributed by atoms with Gasteiger partial charge in [-0.15, -0.1) is 11.8 Å². The van der Waals surface area contributed by atoms with Gasteiger partial charge in [0, 0.05) is 10.9 Å². The summed E-state index contributed by atoms with van der Waals surface area (Å²) < 4.78 is -0.185. The fraction of sp³-hybridized carbons (Fsp3) is 0.929. The monoisotopic (exact) mass is 333 g/mol. The molecule has 1 N–H and O–H groups in total. The number of hydrogen-bond donors (Lipinski definition) is 1. The van der Waals surface area contributed by atoms with E-state index in [-0.39, 0.29) is 16.2 Å². The van der Waals surface area contributed by atoms with E-state index < -0.39 is 0 Å². The average Bonchev–Trinajstić information content (AvgIpc) is 2.77. The Hall–Kier alpha value is 0.300. The van der Waals surface area contributed by atoms with Gasteiger partial charge in [0.1, 0.15) is 0 Å². The molecular formula is C14H24BrNOS. The van der Waals surface area contributed by atoms with E-state index in [1.54, 1.807) is 0 Å². The topological polar surface area (TPSA) is 29.1 Å². The molecule has 0 radical (unpaired) electrons. The predicted octanol–water partition coefficient (Wildman–Crippen LogP) is 3.73. The van der Waals surface area contributed by atoms with Crippen LogP contribution in [0.5, 0.6) is 0 Å². The van der Waals surface area contributed by atoms with E-state index in [0.29, 0.717) is 0 Å². The maximum atomic E-state index is 12.6. The molecule has 18 heavy (non-hydrogen) atoms. The number of amides is 1. The fourth-order valence-electron chi connectivity index (χ4n) is 3.26.